The lowest BCUT2D eigenvalue weighted by Gasteiger charge is -2.35. The second-order valence-electron chi connectivity index (χ2n) is 11.2. The Morgan fingerprint density at radius 2 is 1.78 bits per heavy atom. The lowest BCUT2D eigenvalue weighted by molar-refractivity contribution is 0.0343. The van der Waals surface area contributed by atoms with Crippen LogP contribution in [0.5, 0.6) is 0 Å². The molecule has 7 rings (SSSR count). The summed E-state index contributed by atoms with van der Waals surface area (Å²) >= 11 is 0. The smallest absolute Gasteiger partial charge is 0.250 e. The summed E-state index contributed by atoms with van der Waals surface area (Å²) in [5.41, 5.74) is 2.78. The van der Waals surface area contributed by atoms with Gasteiger partial charge >= 0.3 is 0 Å². The molecular formula is C29H38N6O5S. The first-order valence-electron chi connectivity index (χ1n) is 14.6. The van der Waals surface area contributed by atoms with Crippen LogP contribution >= 0.6 is 0 Å². The van der Waals surface area contributed by atoms with Crippen LogP contribution in [0.1, 0.15) is 44.9 Å². The number of hydrogen-bond donors (Lipinski definition) is 2. The molecule has 2 saturated heterocycles. The summed E-state index contributed by atoms with van der Waals surface area (Å²) in [5.74, 6) is 1.99. The molecule has 0 radical (unpaired) electrons. The minimum Gasteiger partial charge on any atom is -0.416 e. The number of ether oxygens (including phenoxy) is 1. The highest BCUT2D eigenvalue weighted by Crippen LogP contribution is 2.37. The van der Waals surface area contributed by atoms with Gasteiger partial charge in [0.1, 0.15) is 5.82 Å². The first-order valence-corrected chi connectivity index (χ1v) is 16.3. The molecule has 220 valence electrons. The molecule has 2 aromatic heterocycles. The van der Waals surface area contributed by atoms with Crippen molar-refractivity contribution < 1.29 is 22.7 Å². The predicted octanol–water partition coefficient (Wildman–Crippen LogP) is 3.92. The molecule has 12 heteroatoms. The molecule has 1 aromatic carbocycles. The number of aliphatic hydroxyl groups is 1. The summed E-state index contributed by atoms with van der Waals surface area (Å²) in [5, 5.41) is 17.9. The minimum absolute atomic E-state index is 0.211. The monoisotopic (exact) mass is 582 g/mol. The molecule has 4 aliphatic rings. The highest BCUT2D eigenvalue weighted by Gasteiger charge is 2.26. The average molecular weight is 583 g/mol. The van der Waals surface area contributed by atoms with Crippen molar-refractivity contribution in [3.63, 3.8) is 0 Å². The van der Waals surface area contributed by atoms with Crippen molar-refractivity contribution in [3.8, 4) is 22.9 Å². The molecule has 8 bridgehead atoms. The van der Waals surface area contributed by atoms with Crippen molar-refractivity contribution >= 4 is 27.2 Å². The van der Waals surface area contributed by atoms with Crippen molar-refractivity contribution in [2.24, 2.45) is 5.92 Å². The Bertz CT molecular complexity index is 1440. The van der Waals surface area contributed by atoms with E-state index in [4.69, 9.17) is 14.3 Å². The van der Waals surface area contributed by atoms with E-state index in [-0.39, 0.29) is 11.9 Å². The molecule has 0 saturated carbocycles. The number of fused-ring (bicyclic) bond motifs is 6. The zero-order valence-corrected chi connectivity index (χ0v) is 24.1. The van der Waals surface area contributed by atoms with Crippen LogP contribution < -0.4 is 14.5 Å². The molecule has 2 N–H and O–H groups in total. The Balaban J connectivity index is 1.35. The first-order chi connectivity index (χ1) is 20.0. The standard InChI is InChI=1S/C29H38N6O5S/c36-15-17-41(37,38)33-23-6-7-25-26(19-23)34-13-9-24(10-14-34)39-16-2-1-4-21-5-3-12-35(20-21)27-18-22(8-11-30-27)28-31-32-29(25)40-28/h6-8,11,18-19,21,24,33,36H,1-5,9-10,12-17,20H2. The molecule has 1 atom stereocenters. The van der Waals surface area contributed by atoms with Crippen LogP contribution in [0, 0.1) is 5.92 Å². The largest absolute Gasteiger partial charge is 0.416 e. The van der Waals surface area contributed by atoms with Gasteiger partial charge in [-0.05, 0) is 74.8 Å². The van der Waals surface area contributed by atoms with Gasteiger partial charge in [0, 0.05) is 44.5 Å². The number of piperidine rings is 2. The second-order valence-corrected chi connectivity index (χ2v) is 13.0. The van der Waals surface area contributed by atoms with Gasteiger partial charge in [-0.3, -0.25) is 4.72 Å². The fourth-order valence-corrected chi connectivity index (χ4v) is 6.95. The first kappa shape index (κ1) is 27.9. The number of rotatable bonds is 4. The molecular weight excluding hydrogens is 544 g/mol. The van der Waals surface area contributed by atoms with E-state index in [1.54, 1.807) is 18.3 Å². The van der Waals surface area contributed by atoms with E-state index >= 15 is 0 Å². The van der Waals surface area contributed by atoms with Crippen LogP contribution in [0.25, 0.3) is 22.9 Å². The maximum absolute atomic E-state index is 12.4. The number of hydrogen-bond acceptors (Lipinski definition) is 10. The van der Waals surface area contributed by atoms with Crippen molar-refractivity contribution in [2.75, 3.05) is 59.7 Å². The fourth-order valence-electron chi connectivity index (χ4n) is 6.12. The third kappa shape index (κ3) is 6.65. The lowest BCUT2D eigenvalue weighted by atomic mass is 9.92. The number of benzene rings is 1. The molecule has 3 aromatic rings. The Hall–Kier alpha value is -3.22. The van der Waals surface area contributed by atoms with Crippen LogP contribution in [0.2, 0.25) is 0 Å². The maximum atomic E-state index is 12.4. The van der Waals surface area contributed by atoms with Gasteiger partial charge in [0.15, 0.2) is 0 Å². The van der Waals surface area contributed by atoms with Crippen molar-refractivity contribution in [1.29, 1.82) is 0 Å². The molecule has 4 aliphatic heterocycles. The molecule has 1 unspecified atom stereocenters. The second kappa shape index (κ2) is 12.3. The van der Waals surface area contributed by atoms with E-state index in [1.165, 1.54) is 12.8 Å². The quantitative estimate of drug-likeness (QED) is 0.466. The number of nitrogens with zero attached hydrogens (tertiary/aromatic N) is 5. The van der Waals surface area contributed by atoms with Gasteiger partial charge < -0.3 is 24.1 Å². The van der Waals surface area contributed by atoms with E-state index in [0.717, 1.165) is 87.5 Å². The molecule has 0 spiro atoms. The van der Waals surface area contributed by atoms with Gasteiger partial charge in [-0.15, -0.1) is 10.2 Å². The minimum atomic E-state index is -3.67. The van der Waals surface area contributed by atoms with Gasteiger partial charge in [0.25, 0.3) is 0 Å². The third-order valence-electron chi connectivity index (χ3n) is 8.26. The maximum Gasteiger partial charge on any atom is 0.250 e. The van der Waals surface area contributed by atoms with Crippen molar-refractivity contribution in [2.45, 2.75) is 51.0 Å². The fraction of sp³-hybridized carbons (Fsp3) is 0.552. The number of nitrogens with one attached hydrogen (secondary N) is 1. The van der Waals surface area contributed by atoms with Gasteiger partial charge in [-0.2, -0.15) is 0 Å². The highest BCUT2D eigenvalue weighted by molar-refractivity contribution is 7.92. The zero-order valence-electron chi connectivity index (χ0n) is 23.2. The van der Waals surface area contributed by atoms with Gasteiger partial charge in [-0.1, -0.05) is 6.42 Å². The summed E-state index contributed by atoms with van der Waals surface area (Å²) in [6.07, 6.45) is 9.62. The molecule has 0 aliphatic carbocycles. The molecule has 2 fully saturated rings. The van der Waals surface area contributed by atoms with Crippen molar-refractivity contribution in [1.82, 2.24) is 15.2 Å². The highest BCUT2D eigenvalue weighted by atomic mass is 32.2. The molecule has 0 amide bonds. The summed E-state index contributed by atoms with van der Waals surface area (Å²) in [6.45, 7) is 3.84. The summed E-state index contributed by atoms with van der Waals surface area (Å²) < 4.78 is 39.8. The Morgan fingerprint density at radius 3 is 2.63 bits per heavy atom. The van der Waals surface area contributed by atoms with E-state index in [9.17, 15) is 8.42 Å². The number of pyridine rings is 1. The topological polar surface area (TPSA) is 134 Å². The Labute approximate surface area is 241 Å². The SMILES string of the molecule is O=S(=O)(CCO)Nc1ccc2c(c1)N1CCC(CC1)OCCCCC1CCCN(C1)c1cc(ccn1)-c1nnc-2o1. The third-order valence-corrected chi connectivity index (χ3v) is 9.53. The summed E-state index contributed by atoms with van der Waals surface area (Å²) in [7, 11) is -3.67. The normalized spacial score (nSPS) is 21.8. The predicted molar refractivity (Wildman–Crippen MR) is 157 cm³/mol. The number of anilines is 3. The van der Waals surface area contributed by atoms with Gasteiger partial charge in [-0.25, -0.2) is 13.4 Å². The van der Waals surface area contributed by atoms with E-state index in [2.05, 4.69) is 29.7 Å². The van der Waals surface area contributed by atoms with E-state index in [0.29, 0.717) is 23.4 Å². The lowest BCUT2D eigenvalue weighted by Crippen LogP contribution is -2.37. The van der Waals surface area contributed by atoms with Gasteiger partial charge in [0.05, 0.1) is 35.4 Å². The van der Waals surface area contributed by atoms with Crippen LogP contribution in [-0.2, 0) is 14.8 Å². The van der Waals surface area contributed by atoms with E-state index in [1.807, 2.05) is 18.2 Å². The number of sulfonamides is 1. The van der Waals surface area contributed by atoms with Gasteiger partial charge in [0.2, 0.25) is 21.8 Å². The molecule has 11 nitrogen and oxygen atoms in total. The Kier molecular flexibility index (Phi) is 8.40. The number of aliphatic hydroxyl groups excluding tert-OH is 1. The average Bonchev–Trinajstić information content (AvgIpc) is 3.47. The molecule has 6 heterocycles. The Morgan fingerprint density at radius 1 is 0.951 bits per heavy atom. The van der Waals surface area contributed by atoms with Crippen LogP contribution in [0.4, 0.5) is 17.2 Å². The van der Waals surface area contributed by atoms with E-state index < -0.39 is 16.6 Å². The van der Waals surface area contributed by atoms with Crippen LogP contribution in [0.3, 0.4) is 0 Å². The van der Waals surface area contributed by atoms with Crippen molar-refractivity contribution in [3.05, 3.63) is 36.5 Å². The zero-order chi connectivity index (χ0) is 28.2. The number of aromatic nitrogens is 3. The summed E-state index contributed by atoms with van der Waals surface area (Å²) in [4.78, 5) is 9.25. The van der Waals surface area contributed by atoms with Crippen LogP contribution in [0.15, 0.2) is 40.9 Å². The summed E-state index contributed by atoms with van der Waals surface area (Å²) in [6, 6.07) is 9.21. The molecule has 41 heavy (non-hydrogen) atoms. The van der Waals surface area contributed by atoms with Crippen LogP contribution in [-0.4, -0.2) is 80.0 Å².